The minimum absolute atomic E-state index is 0.126. The van der Waals surface area contributed by atoms with E-state index in [0.717, 1.165) is 17.2 Å². The number of hydrogen-bond acceptors (Lipinski definition) is 4. The summed E-state index contributed by atoms with van der Waals surface area (Å²) in [5.74, 6) is -8.32. The molecule has 2 fully saturated rings. The normalized spacial score (nSPS) is 16.3. The Morgan fingerprint density at radius 2 is 1.56 bits per heavy atom. The summed E-state index contributed by atoms with van der Waals surface area (Å²) >= 11 is 0. The first-order chi connectivity index (χ1) is 25.1. The third-order valence-corrected chi connectivity index (χ3v) is 10.0. The maximum Gasteiger partial charge on any atom is 0.419 e. The van der Waals surface area contributed by atoms with Gasteiger partial charge < -0.3 is 19.9 Å². The highest BCUT2D eigenvalue weighted by molar-refractivity contribution is 5.82. The van der Waals surface area contributed by atoms with Crippen molar-refractivity contribution in [3.05, 3.63) is 91.1 Å². The van der Waals surface area contributed by atoms with Crippen molar-refractivity contribution in [2.75, 3.05) is 19.6 Å². The molecule has 1 amide bonds. The first-order valence-corrected chi connectivity index (χ1v) is 17.6. The van der Waals surface area contributed by atoms with E-state index >= 15 is 13.2 Å². The molecule has 54 heavy (non-hydrogen) atoms. The van der Waals surface area contributed by atoms with Crippen LogP contribution in [0.5, 0.6) is 0 Å². The first-order valence-electron chi connectivity index (χ1n) is 17.6. The summed E-state index contributed by atoms with van der Waals surface area (Å²) in [5.41, 5.74) is -7.23. The summed E-state index contributed by atoms with van der Waals surface area (Å²) in [7, 11) is 0. The van der Waals surface area contributed by atoms with Crippen molar-refractivity contribution < 1.29 is 54.2 Å². The molecule has 1 saturated carbocycles. The van der Waals surface area contributed by atoms with Crippen LogP contribution < -0.4 is 10.9 Å². The second kappa shape index (κ2) is 15.4. The molecule has 2 atom stereocenters. The van der Waals surface area contributed by atoms with Crippen LogP contribution in [0, 0.1) is 37.2 Å². The number of aliphatic carboxylic acids is 1. The largest absolute Gasteiger partial charge is 0.481 e. The number of carboxylic acid groups (broad SMARTS) is 1. The Balaban J connectivity index is 1.64. The Labute approximate surface area is 305 Å². The average molecular weight is 774 g/mol. The van der Waals surface area contributed by atoms with E-state index in [-0.39, 0.29) is 53.6 Å². The third kappa shape index (κ3) is 8.63. The van der Waals surface area contributed by atoms with Crippen LogP contribution in [0.2, 0.25) is 0 Å². The molecule has 2 aromatic carbocycles. The molecule has 0 spiro atoms. The van der Waals surface area contributed by atoms with Gasteiger partial charge in [0.05, 0.1) is 23.6 Å². The Hall–Kier alpha value is -4.34. The highest BCUT2D eigenvalue weighted by Gasteiger charge is 2.41. The van der Waals surface area contributed by atoms with E-state index in [1.165, 1.54) is 19.9 Å². The predicted octanol–water partition coefficient (Wildman–Crippen LogP) is 8.63. The van der Waals surface area contributed by atoms with Crippen LogP contribution in [-0.2, 0) is 28.4 Å². The van der Waals surface area contributed by atoms with Crippen LogP contribution in [0.4, 0.5) is 39.5 Å². The summed E-state index contributed by atoms with van der Waals surface area (Å²) in [4.78, 5) is 41.2. The van der Waals surface area contributed by atoms with E-state index in [9.17, 15) is 45.8 Å². The third-order valence-electron chi connectivity index (χ3n) is 10.0. The standard InChI is InChI=1S/C38H40F9N3O4/c1-18(2)12-28(50-17-22(8-11-49-9-5-10-49)25(15-29(50)51)37(42,43)44)36(54)48-27(16-30(52)53)32-34(40)24(14-26(35(32)41)38(45,46)47)31-19(3)13-23(21-6-7-21)33(39)20(31)4/h13-15,17-18,21,27-28H,5-12,16H2,1-4H3,(H,48,54)(H,52,53). The van der Waals surface area contributed by atoms with Crippen LogP contribution in [-0.4, -0.2) is 46.1 Å². The number of aryl methyl sites for hydroxylation is 1. The number of rotatable bonds is 13. The molecule has 2 N–H and O–H groups in total. The zero-order valence-corrected chi connectivity index (χ0v) is 30.0. The number of halogens is 9. The molecule has 16 heteroatoms. The Morgan fingerprint density at radius 3 is 2.07 bits per heavy atom. The van der Waals surface area contributed by atoms with E-state index in [1.54, 1.807) is 13.8 Å². The molecule has 5 rings (SSSR count). The fourth-order valence-electron chi connectivity index (χ4n) is 7.09. The molecule has 3 aromatic rings. The number of alkyl halides is 6. The smallest absolute Gasteiger partial charge is 0.419 e. The number of nitrogens with zero attached hydrogens (tertiary/aromatic N) is 2. The van der Waals surface area contributed by atoms with Gasteiger partial charge in [0.2, 0.25) is 5.91 Å². The number of amides is 1. The summed E-state index contributed by atoms with van der Waals surface area (Å²) in [6.45, 7) is 7.38. The summed E-state index contributed by atoms with van der Waals surface area (Å²) in [6.07, 6.45) is -9.05. The van der Waals surface area contributed by atoms with Gasteiger partial charge >= 0.3 is 18.3 Å². The van der Waals surface area contributed by atoms with E-state index < -0.39 is 93.9 Å². The zero-order chi connectivity index (χ0) is 40.0. The topological polar surface area (TPSA) is 91.6 Å². The number of carboxylic acids is 1. The van der Waals surface area contributed by atoms with E-state index in [1.807, 2.05) is 4.90 Å². The molecule has 2 aliphatic rings. The van der Waals surface area contributed by atoms with Gasteiger partial charge in [-0.3, -0.25) is 14.4 Å². The van der Waals surface area contributed by atoms with Crippen molar-refractivity contribution in [3.63, 3.8) is 0 Å². The fraction of sp³-hybridized carbons (Fsp3) is 0.500. The lowest BCUT2D eigenvalue weighted by Gasteiger charge is -2.31. The maximum atomic E-state index is 16.7. The van der Waals surface area contributed by atoms with Crippen LogP contribution in [0.15, 0.2) is 29.2 Å². The van der Waals surface area contributed by atoms with E-state index in [4.69, 9.17) is 0 Å². The summed E-state index contributed by atoms with van der Waals surface area (Å²) < 4.78 is 134. The molecule has 2 unspecified atom stereocenters. The number of hydrogen-bond donors (Lipinski definition) is 2. The van der Waals surface area contributed by atoms with Gasteiger partial charge in [0.25, 0.3) is 5.56 Å². The summed E-state index contributed by atoms with van der Waals surface area (Å²) in [6, 6.07) is -2.12. The van der Waals surface area contributed by atoms with E-state index in [2.05, 4.69) is 5.32 Å². The van der Waals surface area contributed by atoms with Crippen LogP contribution in [0.25, 0.3) is 11.1 Å². The molecular weight excluding hydrogens is 733 g/mol. The van der Waals surface area contributed by atoms with Gasteiger partial charge in [0, 0.05) is 29.9 Å². The molecule has 0 radical (unpaired) electrons. The zero-order valence-electron chi connectivity index (χ0n) is 30.0. The van der Waals surface area contributed by atoms with Gasteiger partial charge in [-0.15, -0.1) is 0 Å². The van der Waals surface area contributed by atoms with Crippen LogP contribution in [0.1, 0.15) is 103 Å². The van der Waals surface area contributed by atoms with E-state index in [0.29, 0.717) is 37.6 Å². The van der Waals surface area contributed by atoms with Crippen molar-refractivity contribution in [3.8, 4) is 11.1 Å². The quantitative estimate of drug-likeness (QED) is 0.170. The van der Waals surface area contributed by atoms with Gasteiger partial charge in [-0.25, -0.2) is 13.2 Å². The van der Waals surface area contributed by atoms with Crippen molar-refractivity contribution >= 4 is 11.9 Å². The highest BCUT2D eigenvalue weighted by Crippen LogP contribution is 2.46. The predicted molar refractivity (Wildman–Crippen MR) is 180 cm³/mol. The number of pyridine rings is 1. The number of nitrogens with one attached hydrogen (secondary N) is 1. The number of likely N-dealkylation sites (tertiary alicyclic amines) is 1. The van der Waals surface area contributed by atoms with Crippen molar-refractivity contribution in [1.82, 2.24) is 14.8 Å². The molecule has 1 aliphatic heterocycles. The van der Waals surface area contributed by atoms with Gasteiger partial charge in [-0.1, -0.05) is 19.9 Å². The minimum atomic E-state index is -5.46. The van der Waals surface area contributed by atoms with Crippen LogP contribution in [0.3, 0.4) is 0 Å². The monoisotopic (exact) mass is 773 g/mol. The molecule has 1 saturated heterocycles. The molecule has 0 bridgehead atoms. The Bertz CT molecular complexity index is 2000. The SMILES string of the molecule is Cc1cc(C2CC2)c(F)c(C)c1-c1cc(C(F)(F)F)c(F)c(C(CC(=O)O)NC(=O)C(CC(C)C)n2cc(CCN3CCC3)c(C(F)(F)F)cc2=O)c1F. The maximum absolute atomic E-state index is 16.7. The fourth-order valence-corrected chi connectivity index (χ4v) is 7.09. The minimum Gasteiger partial charge on any atom is -0.481 e. The summed E-state index contributed by atoms with van der Waals surface area (Å²) in [5, 5.41) is 11.9. The number of benzene rings is 2. The van der Waals surface area contributed by atoms with Gasteiger partial charge in [0.15, 0.2) is 0 Å². The molecule has 1 aromatic heterocycles. The highest BCUT2D eigenvalue weighted by atomic mass is 19.4. The molecule has 7 nitrogen and oxygen atoms in total. The Morgan fingerprint density at radius 1 is 0.926 bits per heavy atom. The van der Waals surface area contributed by atoms with Crippen molar-refractivity contribution in [1.29, 1.82) is 0 Å². The number of carbonyl (C=O) groups is 2. The molecule has 2 heterocycles. The van der Waals surface area contributed by atoms with Crippen molar-refractivity contribution in [2.24, 2.45) is 5.92 Å². The van der Waals surface area contributed by atoms with Gasteiger partial charge in [-0.05, 0) is 105 Å². The lowest BCUT2D eigenvalue weighted by molar-refractivity contribution is -0.140. The van der Waals surface area contributed by atoms with Gasteiger partial charge in [0.1, 0.15) is 23.5 Å². The lowest BCUT2D eigenvalue weighted by atomic mass is 9.87. The molecule has 1 aliphatic carbocycles. The number of carbonyl (C=O) groups excluding carboxylic acids is 1. The van der Waals surface area contributed by atoms with Crippen molar-refractivity contribution in [2.45, 2.75) is 96.6 Å². The molecule has 294 valence electrons. The van der Waals surface area contributed by atoms with Gasteiger partial charge in [-0.2, -0.15) is 26.3 Å². The molecular formula is C38H40F9N3O4. The van der Waals surface area contributed by atoms with Crippen LogP contribution >= 0.6 is 0 Å². The second-order valence-electron chi connectivity index (χ2n) is 14.6. The first kappa shape index (κ1) is 40.8. The lowest BCUT2D eigenvalue weighted by Crippen LogP contribution is -2.41. The second-order valence-corrected chi connectivity index (χ2v) is 14.6. The average Bonchev–Trinajstić information content (AvgIpc) is 3.86. The number of aromatic nitrogens is 1. The Kier molecular flexibility index (Phi) is 11.7.